The highest BCUT2D eigenvalue weighted by molar-refractivity contribution is 7.84. The third-order valence-corrected chi connectivity index (χ3v) is 8.01. The summed E-state index contributed by atoms with van der Waals surface area (Å²) in [4.78, 5) is 40.4. The van der Waals surface area contributed by atoms with Gasteiger partial charge in [-0.05, 0) is 51.4 Å². The van der Waals surface area contributed by atoms with Crippen molar-refractivity contribution in [1.82, 2.24) is 14.9 Å². The maximum Gasteiger partial charge on any atom is 0.258 e. The van der Waals surface area contributed by atoms with Crippen molar-refractivity contribution >= 4 is 28.7 Å². The molecule has 160 valence electrons. The van der Waals surface area contributed by atoms with Crippen LogP contribution < -0.4 is 10.0 Å². The van der Waals surface area contributed by atoms with Crippen LogP contribution in [0.1, 0.15) is 70.6 Å². The number of carbonyl (C=O) groups is 3. The van der Waals surface area contributed by atoms with Gasteiger partial charge in [0.25, 0.3) is 5.91 Å². The summed E-state index contributed by atoms with van der Waals surface area (Å²) in [5.74, 6) is -0.658. The van der Waals surface area contributed by atoms with E-state index in [1.807, 2.05) is 6.08 Å². The second-order valence-corrected chi connectivity index (χ2v) is 10.3. The minimum absolute atomic E-state index is 0.0383. The summed E-state index contributed by atoms with van der Waals surface area (Å²) in [6, 6.07) is -0.503. The third-order valence-electron chi connectivity index (χ3n) is 6.54. The lowest BCUT2D eigenvalue weighted by molar-refractivity contribution is -0.139. The molecule has 2 aliphatic carbocycles. The van der Waals surface area contributed by atoms with Gasteiger partial charge in [0.1, 0.15) is 22.6 Å². The number of hydrogen-bond acceptors (Lipinski definition) is 4. The first-order valence-electron chi connectivity index (χ1n) is 11.0. The molecule has 29 heavy (non-hydrogen) atoms. The van der Waals surface area contributed by atoms with Crippen LogP contribution in [0.25, 0.3) is 0 Å². The van der Waals surface area contributed by atoms with Crippen LogP contribution in [0.2, 0.25) is 0 Å². The molecule has 7 nitrogen and oxygen atoms in total. The summed E-state index contributed by atoms with van der Waals surface area (Å²) < 4.78 is 14.9. The van der Waals surface area contributed by atoms with Gasteiger partial charge in [0.2, 0.25) is 11.8 Å². The predicted molar refractivity (Wildman–Crippen MR) is 110 cm³/mol. The summed E-state index contributed by atoms with van der Waals surface area (Å²) in [6.45, 7) is 0.602. The largest absolute Gasteiger partial charge is 0.339 e. The van der Waals surface area contributed by atoms with E-state index in [9.17, 15) is 18.6 Å². The SMILES string of the molecule is O=C1NC2(C(=O)NS(=O)C3CC3)CC2/C=C\CCCCCCC(=O)N2CCCC12. The van der Waals surface area contributed by atoms with Gasteiger partial charge in [-0.2, -0.15) is 0 Å². The number of nitrogens with one attached hydrogen (secondary N) is 2. The Morgan fingerprint density at radius 3 is 2.72 bits per heavy atom. The summed E-state index contributed by atoms with van der Waals surface area (Å²) in [6.07, 6.45) is 13.2. The normalized spacial score (nSPS) is 35.4. The van der Waals surface area contributed by atoms with Gasteiger partial charge < -0.3 is 10.2 Å². The van der Waals surface area contributed by atoms with Crippen molar-refractivity contribution in [2.24, 2.45) is 5.92 Å². The van der Waals surface area contributed by atoms with E-state index in [-0.39, 0.29) is 28.9 Å². The van der Waals surface area contributed by atoms with Crippen LogP contribution >= 0.6 is 0 Å². The molecule has 0 spiro atoms. The Balaban J connectivity index is 1.51. The molecular formula is C21H31N3O4S. The Bertz CT molecular complexity index is 735. The van der Waals surface area contributed by atoms with Crippen LogP contribution in [0.5, 0.6) is 0 Å². The minimum atomic E-state index is -1.38. The lowest BCUT2D eigenvalue weighted by Crippen LogP contribution is -2.56. The fourth-order valence-corrected chi connectivity index (χ4v) is 5.56. The fraction of sp³-hybridized carbons (Fsp3) is 0.762. The minimum Gasteiger partial charge on any atom is -0.339 e. The summed E-state index contributed by atoms with van der Waals surface area (Å²) >= 11 is 0. The van der Waals surface area contributed by atoms with E-state index < -0.39 is 22.6 Å². The number of nitrogens with zero attached hydrogens (tertiary/aromatic N) is 1. The highest BCUT2D eigenvalue weighted by Gasteiger charge is 2.61. The van der Waals surface area contributed by atoms with Crippen molar-refractivity contribution < 1.29 is 18.6 Å². The van der Waals surface area contributed by atoms with Gasteiger partial charge in [0, 0.05) is 18.9 Å². The molecular weight excluding hydrogens is 390 g/mol. The molecule has 2 aliphatic heterocycles. The third kappa shape index (κ3) is 4.57. The van der Waals surface area contributed by atoms with Gasteiger partial charge in [-0.25, -0.2) is 4.21 Å². The molecule has 3 amide bonds. The van der Waals surface area contributed by atoms with E-state index in [1.165, 1.54) is 0 Å². The summed E-state index contributed by atoms with van der Waals surface area (Å²) in [7, 11) is -1.38. The van der Waals surface area contributed by atoms with Crippen LogP contribution in [-0.4, -0.2) is 50.2 Å². The first kappa shape index (κ1) is 20.6. The van der Waals surface area contributed by atoms with Crippen molar-refractivity contribution in [3.8, 4) is 0 Å². The molecule has 0 aromatic rings. The monoisotopic (exact) mass is 421 g/mol. The zero-order valence-corrected chi connectivity index (χ0v) is 17.7. The maximum atomic E-state index is 13.1. The van der Waals surface area contributed by atoms with Gasteiger partial charge in [0.15, 0.2) is 0 Å². The van der Waals surface area contributed by atoms with Gasteiger partial charge >= 0.3 is 0 Å². The molecule has 3 fully saturated rings. The van der Waals surface area contributed by atoms with Crippen LogP contribution in [0.4, 0.5) is 0 Å². The Labute approximate surface area is 174 Å². The molecule has 2 saturated carbocycles. The standard InChI is InChI=1S/C21H31N3O4S/c25-18-10-6-4-2-1-3-5-8-15-14-21(15,20(27)23-29(28)16-11-12-16)22-19(26)17-9-7-13-24(17)18/h5,8,15-17H,1-4,6-7,9-14H2,(H,22,26)(H,23,27)/b8-5-. The van der Waals surface area contributed by atoms with E-state index in [2.05, 4.69) is 16.1 Å². The quantitative estimate of drug-likeness (QED) is 0.678. The average molecular weight is 422 g/mol. The highest BCUT2D eigenvalue weighted by Crippen LogP contribution is 2.45. The highest BCUT2D eigenvalue weighted by atomic mass is 32.2. The molecule has 2 heterocycles. The fourth-order valence-electron chi connectivity index (χ4n) is 4.47. The number of rotatable bonds is 3. The van der Waals surface area contributed by atoms with Gasteiger partial charge in [0.05, 0.1) is 5.25 Å². The molecule has 8 heteroatoms. The predicted octanol–water partition coefficient (Wildman–Crippen LogP) is 1.70. The molecule has 0 aromatic carbocycles. The Morgan fingerprint density at radius 2 is 1.93 bits per heavy atom. The zero-order chi connectivity index (χ0) is 20.4. The van der Waals surface area contributed by atoms with Crippen molar-refractivity contribution in [2.45, 2.75) is 87.5 Å². The smallest absolute Gasteiger partial charge is 0.258 e. The Hall–Kier alpha value is -1.70. The average Bonchev–Trinajstić information content (AvgIpc) is 3.60. The van der Waals surface area contributed by atoms with Crippen molar-refractivity contribution in [3.05, 3.63) is 12.2 Å². The maximum absolute atomic E-state index is 13.1. The number of allylic oxidation sites excluding steroid dienone is 1. The Kier molecular flexibility index (Phi) is 6.08. The van der Waals surface area contributed by atoms with Crippen LogP contribution in [-0.2, 0) is 25.4 Å². The lowest BCUT2D eigenvalue weighted by Gasteiger charge is -2.26. The van der Waals surface area contributed by atoms with E-state index in [0.717, 1.165) is 51.4 Å². The van der Waals surface area contributed by atoms with E-state index >= 15 is 0 Å². The zero-order valence-electron chi connectivity index (χ0n) is 16.9. The van der Waals surface area contributed by atoms with E-state index in [4.69, 9.17) is 0 Å². The summed E-state index contributed by atoms with van der Waals surface area (Å²) in [5, 5.41) is 3.01. The molecule has 0 bridgehead atoms. The molecule has 4 rings (SSSR count). The first-order valence-corrected chi connectivity index (χ1v) is 12.2. The number of hydrogen-bond donors (Lipinski definition) is 2. The molecule has 0 aromatic heterocycles. The van der Waals surface area contributed by atoms with Crippen LogP contribution in [0, 0.1) is 5.92 Å². The van der Waals surface area contributed by atoms with E-state index in [1.54, 1.807) is 4.90 Å². The van der Waals surface area contributed by atoms with Crippen LogP contribution in [0.15, 0.2) is 12.2 Å². The molecule has 0 radical (unpaired) electrons. The van der Waals surface area contributed by atoms with Gasteiger partial charge in [-0.3, -0.25) is 19.1 Å². The van der Waals surface area contributed by atoms with Crippen molar-refractivity contribution in [3.63, 3.8) is 0 Å². The van der Waals surface area contributed by atoms with Gasteiger partial charge in [-0.1, -0.05) is 25.0 Å². The molecule has 4 unspecified atom stereocenters. The number of fused-ring (bicyclic) bond motifs is 2. The molecule has 1 saturated heterocycles. The van der Waals surface area contributed by atoms with Gasteiger partial charge in [-0.15, -0.1) is 0 Å². The molecule has 4 atom stereocenters. The topological polar surface area (TPSA) is 95.6 Å². The second-order valence-electron chi connectivity index (χ2n) is 8.83. The number of amides is 3. The van der Waals surface area contributed by atoms with Crippen molar-refractivity contribution in [2.75, 3.05) is 6.54 Å². The van der Waals surface area contributed by atoms with Crippen LogP contribution in [0.3, 0.4) is 0 Å². The number of carbonyl (C=O) groups excluding carboxylic acids is 3. The summed E-state index contributed by atoms with van der Waals surface area (Å²) in [5.41, 5.74) is -1.03. The molecule has 2 N–H and O–H groups in total. The second kappa shape index (κ2) is 8.58. The van der Waals surface area contributed by atoms with Crippen molar-refractivity contribution in [1.29, 1.82) is 0 Å². The van der Waals surface area contributed by atoms with E-state index in [0.29, 0.717) is 25.8 Å². The lowest BCUT2D eigenvalue weighted by atomic mass is 10.1. The molecule has 4 aliphatic rings. The first-order chi connectivity index (χ1) is 14.0. The Morgan fingerprint density at radius 1 is 1.14 bits per heavy atom.